The number of nitrogens with zero attached hydrogens (tertiary/aromatic N) is 3. The first kappa shape index (κ1) is 20.9. The summed E-state index contributed by atoms with van der Waals surface area (Å²) in [5.41, 5.74) is 2.22. The van der Waals surface area contributed by atoms with Gasteiger partial charge in [0.1, 0.15) is 0 Å². The predicted octanol–water partition coefficient (Wildman–Crippen LogP) is 3.27. The van der Waals surface area contributed by atoms with Gasteiger partial charge in [-0.3, -0.25) is 14.5 Å². The fraction of sp³-hybridized carbons (Fsp3) is 0.280. The molecule has 0 unspecified atom stereocenters. The van der Waals surface area contributed by atoms with Gasteiger partial charge in [0.05, 0.1) is 12.8 Å². The normalized spacial score (nSPS) is 14.4. The number of piperazine rings is 1. The van der Waals surface area contributed by atoms with Crippen molar-refractivity contribution in [3.63, 3.8) is 0 Å². The standard InChI is InChI=1S/C25H27N3O3/c29-24(20-26-13-15-27(16-14-26)25(30)23-12-7-17-31-23)28(18-21-8-3-1-4-9-21)19-22-10-5-2-6-11-22/h1-12,17H,13-16,18-20H2. The van der Waals surface area contributed by atoms with E-state index >= 15 is 0 Å². The Kier molecular flexibility index (Phi) is 6.79. The van der Waals surface area contributed by atoms with Crippen LogP contribution in [0.3, 0.4) is 0 Å². The molecule has 0 saturated carbocycles. The van der Waals surface area contributed by atoms with Gasteiger partial charge in [0.15, 0.2) is 5.76 Å². The molecule has 160 valence electrons. The molecule has 1 aliphatic rings. The van der Waals surface area contributed by atoms with E-state index in [1.54, 1.807) is 17.0 Å². The van der Waals surface area contributed by atoms with Gasteiger partial charge < -0.3 is 14.2 Å². The van der Waals surface area contributed by atoms with Crippen LogP contribution in [0.15, 0.2) is 83.5 Å². The van der Waals surface area contributed by atoms with E-state index < -0.39 is 0 Å². The van der Waals surface area contributed by atoms with Gasteiger partial charge in [-0.2, -0.15) is 0 Å². The van der Waals surface area contributed by atoms with Crippen molar-refractivity contribution >= 4 is 11.8 Å². The van der Waals surface area contributed by atoms with Crippen LogP contribution in [0.2, 0.25) is 0 Å². The smallest absolute Gasteiger partial charge is 0.289 e. The van der Waals surface area contributed by atoms with Crippen molar-refractivity contribution in [3.05, 3.63) is 95.9 Å². The molecule has 0 spiro atoms. The van der Waals surface area contributed by atoms with Crippen LogP contribution < -0.4 is 0 Å². The number of hydrogen-bond acceptors (Lipinski definition) is 4. The Morgan fingerprint density at radius 2 is 1.35 bits per heavy atom. The highest BCUT2D eigenvalue weighted by Gasteiger charge is 2.26. The summed E-state index contributed by atoms with van der Waals surface area (Å²) >= 11 is 0. The lowest BCUT2D eigenvalue weighted by molar-refractivity contribution is -0.134. The second-order valence-corrected chi connectivity index (χ2v) is 7.77. The summed E-state index contributed by atoms with van der Waals surface area (Å²) in [5.74, 6) is 0.366. The molecule has 0 N–H and O–H groups in total. The van der Waals surface area contributed by atoms with E-state index in [2.05, 4.69) is 4.90 Å². The molecule has 0 atom stereocenters. The van der Waals surface area contributed by atoms with Gasteiger partial charge in [0, 0.05) is 39.3 Å². The van der Waals surface area contributed by atoms with E-state index in [-0.39, 0.29) is 11.8 Å². The van der Waals surface area contributed by atoms with Crippen LogP contribution in [0, 0.1) is 0 Å². The van der Waals surface area contributed by atoms with Gasteiger partial charge in [-0.15, -0.1) is 0 Å². The van der Waals surface area contributed by atoms with Crippen molar-refractivity contribution in [2.24, 2.45) is 0 Å². The van der Waals surface area contributed by atoms with Crippen molar-refractivity contribution in [2.45, 2.75) is 13.1 Å². The predicted molar refractivity (Wildman–Crippen MR) is 118 cm³/mol. The highest BCUT2D eigenvalue weighted by atomic mass is 16.3. The molecule has 1 aromatic heterocycles. The molecule has 6 heteroatoms. The molecular weight excluding hydrogens is 390 g/mol. The van der Waals surface area contributed by atoms with Crippen molar-refractivity contribution in [1.82, 2.24) is 14.7 Å². The first-order valence-electron chi connectivity index (χ1n) is 10.6. The van der Waals surface area contributed by atoms with Gasteiger partial charge in [-0.05, 0) is 23.3 Å². The largest absolute Gasteiger partial charge is 0.459 e. The number of carbonyl (C=O) groups is 2. The Labute approximate surface area is 182 Å². The fourth-order valence-corrected chi connectivity index (χ4v) is 3.80. The molecule has 4 rings (SSSR count). The zero-order valence-electron chi connectivity index (χ0n) is 17.5. The van der Waals surface area contributed by atoms with Crippen LogP contribution in [0.5, 0.6) is 0 Å². The summed E-state index contributed by atoms with van der Waals surface area (Å²) in [4.78, 5) is 31.5. The summed E-state index contributed by atoms with van der Waals surface area (Å²) in [7, 11) is 0. The number of furan rings is 1. The molecule has 0 aliphatic carbocycles. The van der Waals surface area contributed by atoms with Crippen molar-refractivity contribution in [3.8, 4) is 0 Å². The lowest BCUT2D eigenvalue weighted by Crippen LogP contribution is -2.51. The maximum Gasteiger partial charge on any atom is 0.289 e. The van der Waals surface area contributed by atoms with E-state index in [4.69, 9.17) is 4.42 Å². The van der Waals surface area contributed by atoms with Crippen molar-refractivity contribution < 1.29 is 14.0 Å². The van der Waals surface area contributed by atoms with Crippen LogP contribution in [0.25, 0.3) is 0 Å². The zero-order chi connectivity index (χ0) is 21.5. The Morgan fingerprint density at radius 1 is 0.774 bits per heavy atom. The van der Waals surface area contributed by atoms with E-state index in [0.717, 1.165) is 11.1 Å². The second-order valence-electron chi connectivity index (χ2n) is 7.77. The van der Waals surface area contributed by atoms with E-state index in [1.807, 2.05) is 65.6 Å². The minimum absolute atomic E-state index is 0.0919. The van der Waals surface area contributed by atoms with Crippen LogP contribution in [-0.4, -0.2) is 59.2 Å². The van der Waals surface area contributed by atoms with Gasteiger partial charge in [0.2, 0.25) is 5.91 Å². The lowest BCUT2D eigenvalue weighted by Gasteiger charge is -2.35. The van der Waals surface area contributed by atoms with Crippen molar-refractivity contribution in [2.75, 3.05) is 32.7 Å². The van der Waals surface area contributed by atoms with E-state index in [9.17, 15) is 9.59 Å². The number of amides is 2. The van der Waals surface area contributed by atoms with Crippen LogP contribution in [0.1, 0.15) is 21.7 Å². The monoisotopic (exact) mass is 417 g/mol. The maximum atomic E-state index is 13.2. The fourth-order valence-electron chi connectivity index (χ4n) is 3.80. The van der Waals surface area contributed by atoms with Gasteiger partial charge in [-0.1, -0.05) is 60.7 Å². The number of rotatable bonds is 7. The Hall–Kier alpha value is -3.38. The third-order valence-corrected chi connectivity index (χ3v) is 5.54. The summed E-state index contributed by atoms with van der Waals surface area (Å²) in [6.07, 6.45) is 1.51. The Morgan fingerprint density at radius 3 is 1.87 bits per heavy atom. The highest BCUT2D eigenvalue weighted by Crippen LogP contribution is 2.13. The summed E-state index contributed by atoms with van der Waals surface area (Å²) in [5, 5.41) is 0. The second kappa shape index (κ2) is 10.1. The van der Waals surface area contributed by atoms with E-state index in [1.165, 1.54) is 6.26 Å². The molecule has 1 saturated heterocycles. The summed E-state index contributed by atoms with van der Waals surface area (Å²) in [6, 6.07) is 23.5. The van der Waals surface area contributed by atoms with Crippen LogP contribution >= 0.6 is 0 Å². The molecule has 0 radical (unpaired) electrons. The molecule has 0 bridgehead atoms. The molecule has 2 heterocycles. The number of carbonyl (C=O) groups excluding carboxylic acids is 2. The lowest BCUT2D eigenvalue weighted by atomic mass is 10.1. The van der Waals surface area contributed by atoms with E-state index in [0.29, 0.717) is 51.6 Å². The minimum Gasteiger partial charge on any atom is -0.459 e. The van der Waals surface area contributed by atoms with Crippen molar-refractivity contribution in [1.29, 1.82) is 0 Å². The molecule has 31 heavy (non-hydrogen) atoms. The van der Waals surface area contributed by atoms with Gasteiger partial charge in [-0.25, -0.2) is 0 Å². The number of hydrogen-bond donors (Lipinski definition) is 0. The molecule has 2 aromatic carbocycles. The maximum absolute atomic E-state index is 13.2. The van der Waals surface area contributed by atoms with Gasteiger partial charge >= 0.3 is 0 Å². The Balaban J connectivity index is 1.36. The number of benzene rings is 2. The topological polar surface area (TPSA) is 57.0 Å². The average Bonchev–Trinajstić information content (AvgIpc) is 3.35. The third-order valence-electron chi connectivity index (χ3n) is 5.54. The Bertz CT molecular complexity index is 924. The first-order valence-corrected chi connectivity index (χ1v) is 10.6. The first-order chi connectivity index (χ1) is 15.2. The van der Waals surface area contributed by atoms with Crippen LogP contribution in [-0.2, 0) is 17.9 Å². The van der Waals surface area contributed by atoms with Crippen LogP contribution in [0.4, 0.5) is 0 Å². The highest BCUT2D eigenvalue weighted by molar-refractivity contribution is 5.91. The summed E-state index contributed by atoms with van der Waals surface area (Å²) < 4.78 is 5.22. The molecule has 6 nitrogen and oxygen atoms in total. The summed E-state index contributed by atoms with van der Waals surface area (Å²) in [6.45, 7) is 4.01. The molecule has 3 aromatic rings. The molecule has 1 fully saturated rings. The molecule has 2 amide bonds. The SMILES string of the molecule is O=C(CN1CCN(C(=O)c2ccco2)CC1)N(Cc1ccccc1)Cc1ccccc1. The average molecular weight is 418 g/mol. The van der Waals surface area contributed by atoms with Gasteiger partial charge in [0.25, 0.3) is 5.91 Å². The quantitative estimate of drug-likeness (QED) is 0.592. The molecule has 1 aliphatic heterocycles. The zero-order valence-corrected chi connectivity index (χ0v) is 17.5. The molecular formula is C25H27N3O3. The minimum atomic E-state index is -0.0919. The third kappa shape index (κ3) is 5.61.